The predicted molar refractivity (Wildman–Crippen MR) is 97.1 cm³/mol. The van der Waals surface area contributed by atoms with Crippen molar-refractivity contribution in [2.24, 2.45) is 0 Å². The van der Waals surface area contributed by atoms with E-state index in [1.807, 2.05) is 0 Å². The molecule has 1 aromatic heterocycles. The molecule has 1 aromatic rings. The van der Waals surface area contributed by atoms with Crippen molar-refractivity contribution in [1.29, 1.82) is 0 Å². The zero-order valence-corrected chi connectivity index (χ0v) is 17.8. The molecule has 0 saturated carbocycles. The fourth-order valence-corrected chi connectivity index (χ4v) is 18.5. The normalized spacial score (nSPS) is 12.3. The van der Waals surface area contributed by atoms with Crippen molar-refractivity contribution in [1.82, 2.24) is 9.55 Å². The van der Waals surface area contributed by atoms with Gasteiger partial charge in [-0.3, -0.25) is 0 Å². The van der Waals surface area contributed by atoms with E-state index in [0.717, 1.165) is 0 Å². The van der Waals surface area contributed by atoms with E-state index in [1.54, 1.807) is 3.71 Å². The van der Waals surface area contributed by atoms with Crippen molar-refractivity contribution in [3.63, 3.8) is 0 Å². The fourth-order valence-electron chi connectivity index (χ4n) is 3.20. The van der Waals surface area contributed by atoms with Crippen LogP contribution in [0.1, 0.15) is 79.2 Å². The van der Waals surface area contributed by atoms with E-state index < -0.39 is 18.4 Å². The van der Waals surface area contributed by atoms with Crippen molar-refractivity contribution >= 4 is 22.1 Å². The molecule has 2 nitrogen and oxygen atoms in total. The summed E-state index contributed by atoms with van der Waals surface area (Å²) >= 11 is -2.27. The molecule has 21 heavy (non-hydrogen) atoms. The minimum absolute atomic E-state index is 0.541. The Kier molecular flexibility index (Phi) is 8.99. The van der Waals surface area contributed by atoms with Gasteiger partial charge in [-0.05, 0) is 0 Å². The summed E-state index contributed by atoms with van der Waals surface area (Å²) in [4.78, 5) is 4.92. The first-order chi connectivity index (χ1) is 10.1. The zero-order chi connectivity index (χ0) is 15.7. The van der Waals surface area contributed by atoms with Gasteiger partial charge in [0, 0.05) is 0 Å². The maximum absolute atomic E-state index is 4.92. The van der Waals surface area contributed by atoms with Gasteiger partial charge >= 0.3 is 137 Å². The first-order valence-corrected chi connectivity index (χ1v) is 16.6. The SMILES string of the molecule is CCC[CH2][Sn]([CH2]CCC)([CH2]CCC)[c]1cn(C(C)C)cn1. The zero-order valence-electron chi connectivity index (χ0n) is 15.0. The molecule has 0 bridgehead atoms. The van der Waals surface area contributed by atoms with Crippen LogP contribution in [0.3, 0.4) is 0 Å². The minimum atomic E-state index is -2.27. The second kappa shape index (κ2) is 9.91. The molecular formula is C18H36N2Sn. The summed E-state index contributed by atoms with van der Waals surface area (Å²) in [7, 11) is 0. The van der Waals surface area contributed by atoms with Crippen LogP contribution in [0, 0.1) is 0 Å². The van der Waals surface area contributed by atoms with Crippen molar-refractivity contribution < 1.29 is 0 Å². The van der Waals surface area contributed by atoms with Crippen LogP contribution in [0.4, 0.5) is 0 Å². The molecule has 0 aliphatic heterocycles. The third kappa shape index (κ3) is 5.61. The van der Waals surface area contributed by atoms with Gasteiger partial charge in [-0.1, -0.05) is 0 Å². The van der Waals surface area contributed by atoms with E-state index in [-0.39, 0.29) is 0 Å². The van der Waals surface area contributed by atoms with Gasteiger partial charge in [0.15, 0.2) is 0 Å². The Bertz CT molecular complexity index is 363. The quantitative estimate of drug-likeness (QED) is 0.448. The summed E-state index contributed by atoms with van der Waals surface area (Å²) < 4.78 is 8.43. The molecule has 122 valence electrons. The molecule has 0 aliphatic rings. The molecule has 0 atom stereocenters. The first kappa shape index (κ1) is 19.1. The monoisotopic (exact) mass is 400 g/mol. The fraction of sp³-hybridized carbons (Fsp3) is 0.833. The number of unbranched alkanes of at least 4 members (excludes halogenated alkanes) is 3. The van der Waals surface area contributed by atoms with E-state index in [1.165, 1.54) is 51.8 Å². The van der Waals surface area contributed by atoms with Gasteiger partial charge in [0.05, 0.1) is 0 Å². The van der Waals surface area contributed by atoms with Gasteiger partial charge in [-0.15, -0.1) is 0 Å². The Balaban J connectivity index is 3.03. The summed E-state index contributed by atoms with van der Waals surface area (Å²) in [5.74, 6) is 0. The standard InChI is InChI=1S/C6H9N2.3C4H9.Sn/c1-6(2)8-4-3-7-5-8;3*1-3-4-2;/h4-6H,1-2H3;3*1,3-4H2,2H3;. The Morgan fingerprint density at radius 2 is 1.43 bits per heavy atom. The third-order valence-corrected chi connectivity index (χ3v) is 19.8. The Morgan fingerprint density at radius 1 is 0.952 bits per heavy atom. The number of hydrogen-bond acceptors (Lipinski definition) is 1. The van der Waals surface area contributed by atoms with Gasteiger partial charge in [0.25, 0.3) is 0 Å². The molecule has 0 aliphatic carbocycles. The van der Waals surface area contributed by atoms with E-state index in [0.29, 0.717) is 6.04 Å². The summed E-state index contributed by atoms with van der Waals surface area (Å²) in [6.07, 6.45) is 12.8. The van der Waals surface area contributed by atoms with Crippen LogP contribution in [0.15, 0.2) is 12.5 Å². The average molecular weight is 399 g/mol. The molecule has 1 rings (SSSR count). The van der Waals surface area contributed by atoms with E-state index in [9.17, 15) is 0 Å². The summed E-state index contributed by atoms with van der Waals surface area (Å²) in [6.45, 7) is 11.5. The summed E-state index contributed by atoms with van der Waals surface area (Å²) in [6, 6.07) is 0.541. The molecule has 1 heterocycles. The maximum atomic E-state index is 4.92. The Labute approximate surface area is 136 Å². The predicted octanol–water partition coefficient (Wildman–Crippen LogP) is 5.52. The Morgan fingerprint density at radius 3 is 1.76 bits per heavy atom. The van der Waals surface area contributed by atoms with Crippen LogP contribution < -0.4 is 3.71 Å². The number of rotatable bonds is 11. The first-order valence-electron chi connectivity index (χ1n) is 9.13. The molecule has 0 unspecified atom stereocenters. The van der Waals surface area contributed by atoms with E-state index >= 15 is 0 Å². The van der Waals surface area contributed by atoms with Gasteiger partial charge in [0.2, 0.25) is 0 Å². The van der Waals surface area contributed by atoms with Gasteiger partial charge in [-0.25, -0.2) is 0 Å². The van der Waals surface area contributed by atoms with Crippen molar-refractivity contribution in [2.45, 2.75) is 92.5 Å². The van der Waals surface area contributed by atoms with Crippen molar-refractivity contribution in [2.75, 3.05) is 0 Å². The summed E-state index contributed by atoms with van der Waals surface area (Å²) in [5.41, 5.74) is 0. The van der Waals surface area contributed by atoms with Crippen LogP contribution in [0.25, 0.3) is 0 Å². The second-order valence-electron chi connectivity index (χ2n) is 6.89. The Hall–Kier alpha value is 0.00870. The molecule has 0 fully saturated rings. The van der Waals surface area contributed by atoms with Gasteiger partial charge < -0.3 is 0 Å². The van der Waals surface area contributed by atoms with Crippen LogP contribution in [0.5, 0.6) is 0 Å². The van der Waals surface area contributed by atoms with E-state index in [2.05, 4.69) is 51.7 Å². The van der Waals surface area contributed by atoms with Gasteiger partial charge in [0.1, 0.15) is 0 Å². The van der Waals surface area contributed by atoms with Gasteiger partial charge in [-0.2, -0.15) is 0 Å². The summed E-state index contributed by atoms with van der Waals surface area (Å²) in [5, 5.41) is 0. The van der Waals surface area contributed by atoms with Crippen molar-refractivity contribution in [3.05, 3.63) is 12.5 Å². The molecule has 0 saturated heterocycles. The molecule has 0 aromatic carbocycles. The van der Waals surface area contributed by atoms with Crippen LogP contribution in [0.2, 0.25) is 13.3 Å². The molecule has 0 N–H and O–H groups in total. The molecular weight excluding hydrogens is 363 g/mol. The second-order valence-corrected chi connectivity index (χ2v) is 19.9. The number of imidazole rings is 1. The molecule has 0 amide bonds. The topological polar surface area (TPSA) is 17.8 Å². The van der Waals surface area contributed by atoms with Crippen LogP contribution in [-0.4, -0.2) is 27.9 Å². The third-order valence-electron chi connectivity index (χ3n) is 4.77. The van der Waals surface area contributed by atoms with Crippen LogP contribution in [-0.2, 0) is 0 Å². The molecule has 0 radical (unpaired) electrons. The van der Waals surface area contributed by atoms with E-state index in [4.69, 9.17) is 4.98 Å². The average Bonchev–Trinajstić information content (AvgIpc) is 2.97. The molecule has 3 heteroatoms. The number of nitrogens with zero attached hydrogens (tertiary/aromatic N) is 2. The molecule has 0 spiro atoms. The number of aromatic nitrogens is 2. The van der Waals surface area contributed by atoms with Crippen LogP contribution >= 0.6 is 0 Å². The number of hydrogen-bond donors (Lipinski definition) is 0. The van der Waals surface area contributed by atoms with Crippen molar-refractivity contribution in [3.8, 4) is 0 Å².